The molecule has 1 atom stereocenters. The monoisotopic (exact) mass is 357 g/mol. The summed E-state index contributed by atoms with van der Waals surface area (Å²) in [7, 11) is 0. The van der Waals surface area contributed by atoms with Crippen LogP contribution in [0, 0.1) is 11.7 Å². The first-order valence-corrected chi connectivity index (χ1v) is 8.94. The average molecular weight is 357 g/mol. The van der Waals surface area contributed by atoms with Crippen molar-refractivity contribution in [2.45, 2.75) is 44.6 Å². The van der Waals surface area contributed by atoms with Crippen LogP contribution in [0.2, 0.25) is 0 Å². The standard InChI is InChI=1S/C19H20FN3O3/c20-13-5-1-2-6-16(13)23-15-7-3-4-12(15)17(22-23)18(24)21-14(19(25)26)10-11-8-9-11/h1-2,5-6,11,14H,3-4,7-10H2,(H,21,24)(H,25,26). The van der Waals surface area contributed by atoms with E-state index < -0.39 is 23.7 Å². The van der Waals surface area contributed by atoms with Crippen molar-refractivity contribution in [2.75, 3.05) is 0 Å². The molecule has 1 unspecified atom stereocenters. The maximum absolute atomic E-state index is 14.2. The van der Waals surface area contributed by atoms with Crippen molar-refractivity contribution in [2.24, 2.45) is 5.92 Å². The molecule has 1 heterocycles. The Morgan fingerprint density at radius 3 is 2.77 bits per heavy atom. The third kappa shape index (κ3) is 3.09. The predicted molar refractivity (Wildman–Crippen MR) is 91.8 cm³/mol. The lowest BCUT2D eigenvalue weighted by molar-refractivity contribution is -0.139. The van der Waals surface area contributed by atoms with Gasteiger partial charge in [-0.15, -0.1) is 0 Å². The molecule has 0 radical (unpaired) electrons. The Bertz CT molecular complexity index is 873. The number of aliphatic carboxylic acids is 1. The van der Waals surface area contributed by atoms with E-state index in [1.165, 1.54) is 10.7 Å². The number of nitrogens with zero attached hydrogens (tertiary/aromatic N) is 2. The highest BCUT2D eigenvalue weighted by molar-refractivity contribution is 5.96. The zero-order valence-electron chi connectivity index (χ0n) is 14.2. The first-order chi connectivity index (χ1) is 12.5. The molecular formula is C19H20FN3O3. The number of para-hydroxylation sites is 1. The summed E-state index contributed by atoms with van der Waals surface area (Å²) in [5.74, 6) is -1.56. The Labute approximate surface area is 150 Å². The molecule has 1 saturated carbocycles. The minimum atomic E-state index is -1.03. The molecule has 1 fully saturated rings. The zero-order valence-corrected chi connectivity index (χ0v) is 14.2. The van der Waals surface area contributed by atoms with Crippen molar-refractivity contribution < 1.29 is 19.1 Å². The van der Waals surface area contributed by atoms with Crippen LogP contribution in [0.15, 0.2) is 24.3 Å². The minimum Gasteiger partial charge on any atom is -0.480 e. The molecule has 4 rings (SSSR count). The highest BCUT2D eigenvalue weighted by Crippen LogP contribution is 2.34. The molecule has 2 aliphatic rings. The number of hydrogen-bond donors (Lipinski definition) is 2. The van der Waals surface area contributed by atoms with Gasteiger partial charge in [0.05, 0.1) is 0 Å². The topological polar surface area (TPSA) is 84.2 Å². The summed E-state index contributed by atoms with van der Waals surface area (Å²) in [6.45, 7) is 0. The van der Waals surface area contributed by atoms with E-state index in [2.05, 4.69) is 10.4 Å². The predicted octanol–water partition coefficient (Wildman–Crippen LogP) is 2.48. The molecule has 2 N–H and O–H groups in total. The smallest absolute Gasteiger partial charge is 0.326 e. The third-order valence-corrected chi connectivity index (χ3v) is 5.10. The normalized spacial score (nSPS) is 17.0. The van der Waals surface area contributed by atoms with Crippen LogP contribution >= 0.6 is 0 Å². The van der Waals surface area contributed by atoms with Gasteiger partial charge in [0, 0.05) is 11.3 Å². The summed E-state index contributed by atoms with van der Waals surface area (Å²) >= 11 is 0. The lowest BCUT2D eigenvalue weighted by atomic mass is 10.1. The molecule has 1 aromatic heterocycles. The van der Waals surface area contributed by atoms with Gasteiger partial charge in [-0.05, 0) is 43.7 Å². The molecule has 1 amide bonds. The van der Waals surface area contributed by atoms with Gasteiger partial charge < -0.3 is 10.4 Å². The Morgan fingerprint density at radius 1 is 1.31 bits per heavy atom. The number of benzene rings is 1. The van der Waals surface area contributed by atoms with Crippen molar-refractivity contribution in [3.8, 4) is 5.69 Å². The van der Waals surface area contributed by atoms with Gasteiger partial charge >= 0.3 is 5.97 Å². The van der Waals surface area contributed by atoms with Gasteiger partial charge in [-0.2, -0.15) is 5.10 Å². The number of aromatic nitrogens is 2. The van der Waals surface area contributed by atoms with Gasteiger partial charge in [0.1, 0.15) is 17.5 Å². The third-order valence-electron chi connectivity index (χ3n) is 5.10. The number of carboxylic acid groups (broad SMARTS) is 1. The van der Waals surface area contributed by atoms with Gasteiger partial charge in [-0.3, -0.25) is 4.79 Å². The molecular weight excluding hydrogens is 337 g/mol. The molecule has 7 heteroatoms. The van der Waals surface area contributed by atoms with Crippen molar-refractivity contribution >= 4 is 11.9 Å². The molecule has 2 aromatic rings. The van der Waals surface area contributed by atoms with E-state index >= 15 is 0 Å². The number of nitrogens with one attached hydrogen (secondary N) is 1. The SMILES string of the molecule is O=C(NC(CC1CC1)C(=O)O)c1nn(-c2ccccc2F)c2c1CCC2. The number of rotatable bonds is 6. The van der Waals surface area contributed by atoms with E-state index in [0.29, 0.717) is 30.9 Å². The molecule has 136 valence electrons. The Morgan fingerprint density at radius 2 is 2.08 bits per heavy atom. The van der Waals surface area contributed by atoms with E-state index in [4.69, 9.17) is 0 Å². The van der Waals surface area contributed by atoms with Crippen LogP contribution in [0.5, 0.6) is 0 Å². The van der Waals surface area contributed by atoms with Crippen LogP contribution in [-0.4, -0.2) is 32.8 Å². The van der Waals surface area contributed by atoms with Crippen molar-refractivity contribution in [3.63, 3.8) is 0 Å². The van der Waals surface area contributed by atoms with E-state index in [1.54, 1.807) is 18.2 Å². The first-order valence-electron chi connectivity index (χ1n) is 8.94. The zero-order chi connectivity index (χ0) is 18.3. The van der Waals surface area contributed by atoms with E-state index in [9.17, 15) is 19.1 Å². The van der Waals surface area contributed by atoms with Crippen LogP contribution in [0.1, 0.15) is 47.4 Å². The fourth-order valence-electron chi connectivity index (χ4n) is 3.58. The average Bonchev–Trinajstić information content (AvgIpc) is 3.17. The van der Waals surface area contributed by atoms with E-state index in [-0.39, 0.29) is 5.69 Å². The molecule has 0 saturated heterocycles. The van der Waals surface area contributed by atoms with E-state index in [0.717, 1.165) is 30.5 Å². The van der Waals surface area contributed by atoms with Crippen molar-refractivity contribution in [1.29, 1.82) is 0 Å². The number of amides is 1. The van der Waals surface area contributed by atoms with Crippen molar-refractivity contribution in [1.82, 2.24) is 15.1 Å². The number of carbonyl (C=O) groups excluding carboxylic acids is 1. The van der Waals surface area contributed by atoms with Gasteiger partial charge in [0.2, 0.25) is 0 Å². The van der Waals surface area contributed by atoms with Crippen LogP contribution in [0.4, 0.5) is 4.39 Å². The first kappa shape index (κ1) is 16.8. The van der Waals surface area contributed by atoms with Gasteiger partial charge in [-0.25, -0.2) is 13.9 Å². The highest BCUT2D eigenvalue weighted by Gasteiger charge is 2.33. The number of hydrogen-bond acceptors (Lipinski definition) is 3. The van der Waals surface area contributed by atoms with Crippen LogP contribution in [-0.2, 0) is 17.6 Å². The number of fused-ring (bicyclic) bond motifs is 1. The van der Waals surface area contributed by atoms with Gasteiger partial charge in [-0.1, -0.05) is 25.0 Å². The summed E-state index contributed by atoms with van der Waals surface area (Å²) in [5.41, 5.74) is 2.14. The summed E-state index contributed by atoms with van der Waals surface area (Å²) < 4.78 is 15.7. The van der Waals surface area contributed by atoms with Crippen LogP contribution in [0.25, 0.3) is 5.69 Å². The maximum Gasteiger partial charge on any atom is 0.326 e. The minimum absolute atomic E-state index is 0.211. The fourth-order valence-corrected chi connectivity index (χ4v) is 3.58. The lowest BCUT2D eigenvalue weighted by Crippen LogP contribution is -2.41. The maximum atomic E-state index is 14.2. The van der Waals surface area contributed by atoms with Gasteiger partial charge in [0.15, 0.2) is 5.69 Å². The second-order valence-corrected chi connectivity index (χ2v) is 7.03. The Hall–Kier alpha value is -2.70. The summed E-state index contributed by atoms with van der Waals surface area (Å²) in [6.07, 6.45) is 4.73. The quantitative estimate of drug-likeness (QED) is 0.832. The summed E-state index contributed by atoms with van der Waals surface area (Å²) in [5, 5.41) is 16.3. The Balaban J connectivity index is 1.64. The lowest BCUT2D eigenvalue weighted by Gasteiger charge is -2.13. The van der Waals surface area contributed by atoms with E-state index in [1.807, 2.05) is 0 Å². The van der Waals surface area contributed by atoms with Crippen molar-refractivity contribution in [3.05, 3.63) is 47.0 Å². The number of carbonyl (C=O) groups is 2. The highest BCUT2D eigenvalue weighted by atomic mass is 19.1. The van der Waals surface area contributed by atoms with Gasteiger partial charge in [0.25, 0.3) is 5.91 Å². The second kappa shape index (κ2) is 6.55. The summed E-state index contributed by atoms with van der Waals surface area (Å²) in [4.78, 5) is 24.2. The molecule has 0 bridgehead atoms. The second-order valence-electron chi connectivity index (χ2n) is 7.03. The molecule has 2 aliphatic carbocycles. The molecule has 26 heavy (non-hydrogen) atoms. The summed E-state index contributed by atoms with van der Waals surface area (Å²) in [6, 6.07) is 5.39. The molecule has 0 aliphatic heterocycles. The van der Waals surface area contributed by atoms with Crippen LogP contribution in [0.3, 0.4) is 0 Å². The molecule has 6 nitrogen and oxygen atoms in total. The molecule has 0 spiro atoms. The Kier molecular flexibility index (Phi) is 4.22. The van der Waals surface area contributed by atoms with Crippen LogP contribution < -0.4 is 5.32 Å². The number of halogens is 1. The number of carboxylic acids is 1. The largest absolute Gasteiger partial charge is 0.480 e. The molecule has 1 aromatic carbocycles. The fraction of sp³-hybridized carbons (Fsp3) is 0.421.